The van der Waals surface area contributed by atoms with Crippen LogP contribution in [0.15, 0.2) is 10.9 Å². The van der Waals surface area contributed by atoms with E-state index in [1.807, 2.05) is 6.92 Å². The monoisotopic (exact) mass is 143 g/mol. The Labute approximate surface area is 58.2 Å². The van der Waals surface area contributed by atoms with Crippen molar-refractivity contribution in [3.05, 3.63) is 12.2 Å². The molecule has 0 amide bonds. The van der Waals surface area contributed by atoms with Gasteiger partial charge in [0.25, 0.3) is 0 Å². The number of rotatable bonds is 3. The van der Waals surface area contributed by atoms with Crippen molar-refractivity contribution < 1.29 is 9.73 Å². The van der Waals surface area contributed by atoms with Gasteiger partial charge in [-0.05, 0) is 0 Å². The van der Waals surface area contributed by atoms with Gasteiger partial charge >= 0.3 is 0 Å². The average Bonchev–Trinajstić information content (AvgIpc) is 2.40. The molecule has 1 rings (SSSR count). The maximum Gasteiger partial charge on any atom is 0.213 e. The Morgan fingerprint density at radius 2 is 2.60 bits per heavy atom. The Bertz CT molecular complexity index is 175. The third-order valence-corrected chi connectivity index (χ3v) is 1.10. The fourth-order valence-electron chi connectivity index (χ4n) is 0.537. The van der Waals surface area contributed by atoms with Crippen LogP contribution in [-0.4, -0.2) is 27.0 Å². The van der Waals surface area contributed by atoms with Gasteiger partial charge in [-0.1, -0.05) is 12.1 Å². The van der Waals surface area contributed by atoms with Crippen molar-refractivity contribution in [3.8, 4) is 0 Å². The molecule has 1 heterocycles. The van der Waals surface area contributed by atoms with Gasteiger partial charge in [-0.15, -0.1) is 0 Å². The van der Waals surface area contributed by atoms with E-state index in [-0.39, 0.29) is 0 Å². The summed E-state index contributed by atoms with van der Waals surface area (Å²) in [5.41, 5.74) is 0. The van der Waals surface area contributed by atoms with E-state index in [2.05, 4.69) is 14.7 Å². The fourth-order valence-corrected chi connectivity index (χ4v) is 0.537. The summed E-state index contributed by atoms with van der Waals surface area (Å²) in [6.07, 6.45) is 1.23. The van der Waals surface area contributed by atoms with Gasteiger partial charge in [0, 0.05) is 6.54 Å². The summed E-state index contributed by atoms with van der Waals surface area (Å²) in [6, 6.07) is 0. The third-order valence-electron chi connectivity index (χ3n) is 1.10. The van der Waals surface area contributed by atoms with Crippen molar-refractivity contribution in [1.29, 1.82) is 0 Å². The Hall–Kier alpha value is -0.940. The molecule has 0 radical (unpaired) electrons. The van der Waals surface area contributed by atoms with Gasteiger partial charge < -0.3 is 9.73 Å². The van der Waals surface area contributed by atoms with E-state index in [0.29, 0.717) is 18.9 Å². The van der Waals surface area contributed by atoms with Crippen LogP contribution in [0.1, 0.15) is 12.7 Å². The highest BCUT2D eigenvalue weighted by Gasteiger charge is 2.01. The molecule has 5 heteroatoms. The number of aromatic nitrogens is 2. The minimum Gasteiger partial charge on any atom is -0.343 e. The summed E-state index contributed by atoms with van der Waals surface area (Å²) in [7, 11) is 0. The van der Waals surface area contributed by atoms with E-state index >= 15 is 0 Å². The smallest absolute Gasteiger partial charge is 0.213 e. The van der Waals surface area contributed by atoms with Gasteiger partial charge in [-0.3, -0.25) is 0 Å². The van der Waals surface area contributed by atoms with E-state index in [4.69, 9.17) is 5.21 Å². The number of hydrogen-bond donors (Lipinski definition) is 1. The quantitative estimate of drug-likeness (QED) is 0.616. The third kappa shape index (κ3) is 1.78. The maximum atomic E-state index is 8.94. The van der Waals surface area contributed by atoms with Gasteiger partial charge in [0.05, 0.1) is 6.54 Å². The molecule has 0 atom stereocenters. The van der Waals surface area contributed by atoms with Crippen LogP contribution in [0.5, 0.6) is 0 Å². The van der Waals surface area contributed by atoms with Crippen molar-refractivity contribution in [1.82, 2.24) is 15.2 Å². The predicted octanol–water partition coefficient (Wildman–Crippen LogP) is 0.281. The molecule has 1 N–H and O–H groups in total. The van der Waals surface area contributed by atoms with Crippen LogP contribution in [-0.2, 0) is 6.54 Å². The van der Waals surface area contributed by atoms with Crippen LogP contribution in [0, 0.1) is 0 Å². The lowest BCUT2D eigenvalue weighted by molar-refractivity contribution is -0.0967. The van der Waals surface area contributed by atoms with E-state index in [1.165, 1.54) is 6.39 Å². The van der Waals surface area contributed by atoms with Crippen LogP contribution in [0.4, 0.5) is 0 Å². The Balaban J connectivity index is 2.40. The van der Waals surface area contributed by atoms with Crippen molar-refractivity contribution in [2.75, 3.05) is 6.54 Å². The molecule has 1 aromatic heterocycles. The zero-order chi connectivity index (χ0) is 7.40. The lowest BCUT2D eigenvalue weighted by Crippen LogP contribution is -2.18. The Morgan fingerprint density at radius 1 is 1.80 bits per heavy atom. The van der Waals surface area contributed by atoms with Gasteiger partial charge in [-0.25, -0.2) is 0 Å². The minimum absolute atomic E-state index is 0.312. The summed E-state index contributed by atoms with van der Waals surface area (Å²) in [6.45, 7) is 2.70. The van der Waals surface area contributed by atoms with Gasteiger partial charge in [-0.2, -0.15) is 10.0 Å². The summed E-state index contributed by atoms with van der Waals surface area (Å²) >= 11 is 0. The van der Waals surface area contributed by atoms with Gasteiger partial charge in [0.1, 0.15) is 0 Å². The molecule has 5 nitrogen and oxygen atoms in total. The van der Waals surface area contributed by atoms with Crippen LogP contribution in [0.25, 0.3) is 0 Å². The van der Waals surface area contributed by atoms with Crippen molar-refractivity contribution in [2.24, 2.45) is 0 Å². The molecule has 0 saturated heterocycles. The second-order valence-corrected chi connectivity index (χ2v) is 1.83. The maximum absolute atomic E-state index is 8.94. The predicted molar refractivity (Wildman–Crippen MR) is 32.2 cm³/mol. The number of nitrogens with zero attached hydrogens (tertiary/aromatic N) is 3. The SMILES string of the molecule is CCN(O)Cc1ncon1. The number of hydrogen-bond acceptors (Lipinski definition) is 5. The van der Waals surface area contributed by atoms with Crippen molar-refractivity contribution in [2.45, 2.75) is 13.5 Å². The van der Waals surface area contributed by atoms with E-state index in [0.717, 1.165) is 5.06 Å². The highest BCUT2D eigenvalue weighted by Crippen LogP contribution is 1.92. The number of hydroxylamine groups is 2. The first-order valence-corrected chi connectivity index (χ1v) is 3.02. The van der Waals surface area contributed by atoms with E-state index in [9.17, 15) is 0 Å². The normalized spacial score (nSPS) is 10.7. The van der Waals surface area contributed by atoms with Crippen LogP contribution >= 0.6 is 0 Å². The molecule has 56 valence electrons. The molecular weight excluding hydrogens is 134 g/mol. The molecule has 0 spiro atoms. The van der Waals surface area contributed by atoms with Crippen molar-refractivity contribution in [3.63, 3.8) is 0 Å². The Morgan fingerprint density at radius 3 is 3.10 bits per heavy atom. The molecule has 10 heavy (non-hydrogen) atoms. The van der Waals surface area contributed by atoms with Gasteiger partial charge in [0.2, 0.25) is 6.39 Å². The molecule has 1 aromatic rings. The first kappa shape index (κ1) is 7.17. The second-order valence-electron chi connectivity index (χ2n) is 1.83. The average molecular weight is 143 g/mol. The van der Waals surface area contributed by atoms with Crippen LogP contribution < -0.4 is 0 Å². The molecule has 0 fully saturated rings. The highest BCUT2D eigenvalue weighted by atomic mass is 16.5. The summed E-state index contributed by atoms with van der Waals surface area (Å²) in [5.74, 6) is 0.490. The molecule has 0 saturated carbocycles. The molecule has 0 unspecified atom stereocenters. The molecule has 0 aliphatic heterocycles. The lowest BCUT2D eigenvalue weighted by Gasteiger charge is -2.06. The first-order chi connectivity index (χ1) is 4.83. The molecule has 0 bridgehead atoms. The molecule has 0 aromatic carbocycles. The first-order valence-electron chi connectivity index (χ1n) is 3.02. The van der Waals surface area contributed by atoms with Crippen LogP contribution in [0.2, 0.25) is 0 Å². The highest BCUT2D eigenvalue weighted by molar-refractivity contribution is 4.74. The van der Waals surface area contributed by atoms with E-state index < -0.39 is 0 Å². The van der Waals surface area contributed by atoms with Crippen LogP contribution in [0.3, 0.4) is 0 Å². The Kier molecular flexibility index (Phi) is 2.35. The fraction of sp³-hybridized carbons (Fsp3) is 0.600. The largest absolute Gasteiger partial charge is 0.343 e. The topological polar surface area (TPSA) is 62.4 Å². The molecular formula is C5H9N3O2. The zero-order valence-corrected chi connectivity index (χ0v) is 5.69. The second kappa shape index (κ2) is 3.28. The van der Waals surface area contributed by atoms with E-state index in [1.54, 1.807) is 0 Å². The summed E-state index contributed by atoms with van der Waals surface area (Å²) in [5, 5.41) is 13.6. The molecule has 0 aliphatic carbocycles. The zero-order valence-electron chi connectivity index (χ0n) is 5.69. The standard InChI is InChI=1S/C5H9N3O2/c1-2-8(9)3-5-6-4-10-7-5/h4,9H,2-3H2,1H3. The molecule has 0 aliphatic rings. The summed E-state index contributed by atoms with van der Waals surface area (Å²) in [4.78, 5) is 3.72. The lowest BCUT2D eigenvalue weighted by atomic mass is 10.6. The van der Waals surface area contributed by atoms with Gasteiger partial charge in [0.15, 0.2) is 5.82 Å². The minimum atomic E-state index is 0.312. The van der Waals surface area contributed by atoms with Crippen molar-refractivity contribution >= 4 is 0 Å². The summed E-state index contributed by atoms with van der Waals surface area (Å²) < 4.78 is 4.46.